The molecule has 2 rings (SSSR count). The molecule has 0 saturated carbocycles. The molecule has 0 spiro atoms. The van der Waals surface area contributed by atoms with E-state index in [2.05, 4.69) is 21.6 Å². The second kappa shape index (κ2) is 6.02. The summed E-state index contributed by atoms with van der Waals surface area (Å²) in [7, 11) is 3.33. The molecule has 0 unspecified atom stereocenters. The van der Waals surface area contributed by atoms with Crippen LogP contribution in [0.3, 0.4) is 0 Å². The Hall–Kier alpha value is -2.33. The van der Waals surface area contributed by atoms with Crippen molar-refractivity contribution in [2.45, 2.75) is 6.61 Å². The molecule has 0 fully saturated rings. The summed E-state index contributed by atoms with van der Waals surface area (Å²) in [6.07, 6.45) is 0. The lowest BCUT2D eigenvalue weighted by molar-refractivity contribution is 0.302. The molecular formula is C12H12N4O2S. The maximum Gasteiger partial charge on any atom is 0.205 e. The van der Waals surface area contributed by atoms with Gasteiger partial charge in [-0.3, -0.25) is 0 Å². The summed E-state index contributed by atoms with van der Waals surface area (Å²) in [6, 6.07) is 7.09. The first-order chi connectivity index (χ1) is 9.25. The molecule has 0 bridgehead atoms. The third kappa shape index (κ3) is 3.33. The first kappa shape index (κ1) is 13.1. The average molecular weight is 276 g/mol. The van der Waals surface area contributed by atoms with Gasteiger partial charge >= 0.3 is 0 Å². The Bertz CT molecular complexity index is 606. The maximum atomic E-state index is 8.91. The molecule has 19 heavy (non-hydrogen) atoms. The highest BCUT2D eigenvalue weighted by Crippen LogP contribution is 2.24. The zero-order valence-corrected chi connectivity index (χ0v) is 11.3. The van der Waals surface area contributed by atoms with Gasteiger partial charge in [-0.1, -0.05) is 11.3 Å². The fourth-order valence-electron chi connectivity index (χ4n) is 1.40. The second-order valence-corrected chi connectivity index (χ2v) is 4.61. The lowest BCUT2D eigenvalue weighted by Gasteiger charge is -2.06. The molecule has 0 aliphatic rings. The number of nitrogens with one attached hydrogen (secondary N) is 1. The largest absolute Gasteiger partial charge is 0.497 e. The minimum Gasteiger partial charge on any atom is -0.497 e. The van der Waals surface area contributed by atoms with E-state index in [0.29, 0.717) is 23.7 Å². The van der Waals surface area contributed by atoms with Gasteiger partial charge in [0.25, 0.3) is 0 Å². The second-order valence-electron chi connectivity index (χ2n) is 3.55. The first-order valence-corrected chi connectivity index (χ1v) is 6.29. The third-order valence-electron chi connectivity index (χ3n) is 2.29. The third-order valence-corrected chi connectivity index (χ3v) is 3.20. The fraction of sp³-hybridized carbons (Fsp3) is 0.250. The highest BCUT2D eigenvalue weighted by Gasteiger charge is 2.06. The van der Waals surface area contributed by atoms with Crippen molar-refractivity contribution >= 4 is 16.5 Å². The van der Waals surface area contributed by atoms with E-state index in [1.54, 1.807) is 32.4 Å². The van der Waals surface area contributed by atoms with Crippen LogP contribution in [0.4, 0.5) is 5.13 Å². The number of aromatic nitrogens is 2. The van der Waals surface area contributed by atoms with Crippen LogP contribution in [0.1, 0.15) is 10.6 Å². The van der Waals surface area contributed by atoms with Gasteiger partial charge in [0.05, 0.1) is 18.7 Å². The molecule has 1 N–H and O–H groups in total. The van der Waals surface area contributed by atoms with E-state index in [1.165, 1.54) is 11.3 Å². The lowest BCUT2D eigenvalue weighted by Crippen LogP contribution is -1.96. The number of nitrogens with zero attached hydrogens (tertiary/aromatic N) is 3. The molecule has 0 aliphatic heterocycles. The summed E-state index contributed by atoms with van der Waals surface area (Å²) in [4.78, 5) is 0. The minimum atomic E-state index is 0.303. The van der Waals surface area contributed by atoms with Crippen molar-refractivity contribution in [3.8, 4) is 17.6 Å². The van der Waals surface area contributed by atoms with Crippen LogP contribution in [0.25, 0.3) is 0 Å². The Morgan fingerprint density at radius 1 is 1.32 bits per heavy atom. The van der Waals surface area contributed by atoms with Gasteiger partial charge < -0.3 is 14.8 Å². The van der Waals surface area contributed by atoms with Gasteiger partial charge in [0, 0.05) is 13.1 Å². The number of hydrogen-bond donors (Lipinski definition) is 1. The first-order valence-electron chi connectivity index (χ1n) is 5.47. The van der Waals surface area contributed by atoms with Crippen LogP contribution in [-0.2, 0) is 6.61 Å². The van der Waals surface area contributed by atoms with Crippen LogP contribution in [0.2, 0.25) is 0 Å². The highest BCUT2D eigenvalue weighted by atomic mass is 32.1. The van der Waals surface area contributed by atoms with Crippen molar-refractivity contribution in [1.82, 2.24) is 10.2 Å². The number of nitriles is 1. The van der Waals surface area contributed by atoms with E-state index in [1.807, 2.05) is 0 Å². The predicted molar refractivity (Wildman–Crippen MR) is 71.5 cm³/mol. The minimum absolute atomic E-state index is 0.303. The molecule has 0 amide bonds. The van der Waals surface area contributed by atoms with Crippen LogP contribution >= 0.6 is 11.3 Å². The van der Waals surface area contributed by atoms with Crippen molar-refractivity contribution in [2.75, 3.05) is 19.5 Å². The van der Waals surface area contributed by atoms with Crippen molar-refractivity contribution in [3.63, 3.8) is 0 Å². The van der Waals surface area contributed by atoms with Gasteiger partial charge in [-0.15, -0.1) is 10.2 Å². The molecule has 1 aromatic heterocycles. The van der Waals surface area contributed by atoms with Gasteiger partial charge in [-0.2, -0.15) is 5.26 Å². The van der Waals surface area contributed by atoms with Crippen molar-refractivity contribution in [1.29, 1.82) is 5.26 Å². The van der Waals surface area contributed by atoms with Crippen LogP contribution in [0, 0.1) is 11.3 Å². The fourth-order valence-corrected chi connectivity index (χ4v) is 2.00. The van der Waals surface area contributed by atoms with E-state index in [9.17, 15) is 0 Å². The van der Waals surface area contributed by atoms with Gasteiger partial charge in [-0.25, -0.2) is 0 Å². The zero-order valence-electron chi connectivity index (χ0n) is 10.5. The molecule has 1 heterocycles. The van der Waals surface area contributed by atoms with Crippen LogP contribution < -0.4 is 14.8 Å². The van der Waals surface area contributed by atoms with E-state index in [-0.39, 0.29) is 0 Å². The standard InChI is InChI=1S/C12H12N4O2S/c1-14-12-16-15-11(19-12)7-18-10-4-8(6-13)3-9(5-10)17-2/h3-5H,7H2,1-2H3,(H,14,16). The molecule has 0 saturated heterocycles. The predicted octanol–water partition coefficient (Wildman–Crippen LogP) is 2.04. The Balaban J connectivity index is 2.08. The maximum absolute atomic E-state index is 8.91. The summed E-state index contributed by atoms with van der Waals surface area (Å²) in [5.74, 6) is 1.15. The van der Waals surface area contributed by atoms with E-state index in [4.69, 9.17) is 14.7 Å². The molecule has 1 aromatic carbocycles. The number of rotatable bonds is 5. The van der Waals surface area contributed by atoms with Crippen molar-refractivity contribution in [2.24, 2.45) is 0 Å². The smallest absolute Gasteiger partial charge is 0.205 e. The number of methoxy groups -OCH3 is 1. The normalized spacial score (nSPS) is 9.74. The number of hydrogen-bond acceptors (Lipinski definition) is 7. The van der Waals surface area contributed by atoms with E-state index < -0.39 is 0 Å². The molecule has 2 aromatic rings. The van der Waals surface area contributed by atoms with Crippen molar-refractivity contribution in [3.05, 3.63) is 28.8 Å². The molecular weight excluding hydrogens is 264 g/mol. The quantitative estimate of drug-likeness (QED) is 0.900. The van der Waals surface area contributed by atoms with Gasteiger partial charge in [0.15, 0.2) is 5.01 Å². The summed E-state index contributed by atoms with van der Waals surface area (Å²) in [5.41, 5.74) is 0.488. The SMILES string of the molecule is CNc1nnc(COc2cc(C#N)cc(OC)c2)s1. The Morgan fingerprint density at radius 3 is 2.74 bits per heavy atom. The Kier molecular flexibility index (Phi) is 4.15. The summed E-state index contributed by atoms with van der Waals surface area (Å²) in [5, 5.41) is 21.2. The van der Waals surface area contributed by atoms with Crippen LogP contribution in [-0.4, -0.2) is 24.4 Å². The average Bonchev–Trinajstić information content (AvgIpc) is 2.92. The molecule has 98 valence electrons. The summed E-state index contributed by atoms with van der Waals surface area (Å²) >= 11 is 1.42. The Morgan fingerprint density at radius 2 is 2.11 bits per heavy atom. The van der Waals surface area contributed by atoms with E-state index in [0.717, 1.165) is 10.1 Å². The van der Waals surface area contributed by atoms with Gasteiger partial charge in [0.1, 0.15) is 18.1 Å². The highest BCUT2D eigenvalue weighted by molar-refractivity contribution is 7.15. The van der Waals surface area contributed by atoms with Crippen LogP contribution in [0.15, 0.2) is 18.2 Å². The lowest BCUT2D eigenvalue weighted by atomic mass is 10.2. The van der Waals surface area contributed by atoms with Crippen LogP contribution in [0.5, 0.6) is 11.5 Å². The van der Waals surface area contributed by atoms with Gasteiger partial charge in [0.2, 0.25) is 5.13 Å². The van der Waals surface area contributed by atoms with E-state index >= 15 is 0 Å². The van der Waals surface area contributed by atoms with Crippen molar-refractivity contribution < 1.29 is 9.47 Å². The topological polar surface area (TPSA) is 80.1 Å². The number of ether oxygens (including phenoxy) is 2. The molecule has 7 heteroatoms. The summed E-state index contributed by atoms with van der Waals surface area (Å²) in [6.45, 7) is 0.303. The van der Waals surface area contributed by atoms with Gasteiger partial charge in [-0.05, 0) is 12.1 Å². The summed E-state index contributed by atoms with van der Waals surface area (Å²) < 4.78 is 10.7. The molecule has 0 atom stereocenters. The molecule has 6 nitrogen and oxygen atoms in total. The Labute approximate surface area is 114 Å². The zero-order chi connectivity index (χ0) is 13.7. The number of anilines is 1. The molecule has 0 radical (unpaired) electrons. The molecule has 0 aliphatic carbocycles. The monoisotopic (exact) mass is 276 g/mol. The number of benzene rings is 1.